The van der Waals surface area contributed by atoms with Gasteiger partial charge in [-0.3, -0.25) is 4.79 Å². The van der Waals surface area contributed by atoms with Crippen LogP contribution in [-0.2, 0) is 19.7 Å². The van der Waals surface area contributed by atoms with Crippen molar-refractivity contribution < 1.29 is 17.9 Å². The number of ether oxygens (including phenoxy) is 1. The molecule has 0 rings (SSSR count). The Labute approximate surface area is 96.5 Å². The van der Waals surface area contributed by atoms with E-state index in [1.54, 1.807) is 6.92 Å². The second-order valence-electron chi connectivity index (χ2n) is 3.43. The summed E-state index contributed by atoms with van der Waals surface area (Å²) in [6.07, 6.45) is 0.0288. The molecule has 0 aliphatic rings. The molecule has 0 amide bonds. The van der Waals surface area contributed by atoms with Crippen molar-refractivity contribution in [1.29, 1.82) is 0 Å². The summed E-state index contributed by atoms with van der Waals surface area (Å²) >= 11 is 0. The van der Waals surface area contributed by atoms with E-state index in [9.17, 15) is 13.2 Å². The summed E-state index contributed by atoms with van der Waals surface area (Å²) in [6, 6.07) is 0. The van der Waals surface area contributed by atoms with Gasteiger partial charge in [0.25, 0.3) is 10.2 Å². The molecule has 0 aromatic heterocycles. The highest BCUT2D eigenvalue weighted by Gasteiger charge is 2.17. The van der Waals surface area contributed by atoms with Crippen molar-refractivity contribution >= 4 is 16.2 Å². The van der Waals surface area contributed by atoms with E-state index < -0.39 is 16.2 Å². The minimum absolute atomic E-state index is 0.0288. The SMILES string of the molecule is C=C(C)CNS(=O)(=O)N(C)CCC(=O)OC. The van der Waals surface area contributed by atoms with Crippen molar-refractivity contribution in [3.63, 3.8) is 0 Å². The fourth-order valence-corrected chi connectivity index (χ4v) is 1.78. The Kier molecular flexibility index (Phi) is 6.24. The number of nitrogens with one attached hydrogen (secondary N) is 1. The van der Waals surface area contributed by atoms with Crippen LogP contribution in [0.1, 0.15) is 13.3 Å². The molecule has 0 atom stereocenters. The summed E-state index contributed by atoms with van der Waals surface area (Å²) in [5.41, 5.74) is 0.713. The Balaban J connectivity index is 4.19. The summed E-state index contributed by atoms with van der Waals surface area (Å²) in [5.74, 6) is -0.443. The molecule has 7 heteroatoms. The van der Waals surface area contributed by atoms with Crippen LogP contribution >= 0.6 is 0 Å². The lowest BCUT2D eigenvalue weighted by molar-refractivity contribution is -0.140. The molecule has 0 aliphatic carbocycles. The van der Waals surface area contributed by atoms with Gasteiger partial charge >= 0.3 is 5.97 Å². The summed E-state index contributed by atoms with van der Waals surface area (Å²) in [4.78, 5) is 10.8. The van der Waals surface area contributed by atoms with Gasteiger partial charge < -0.3 is 4.74 Å². The summed E-state index contributed by atoms with van der Waals surface area (Å²) in [6.45, 7) is 5.57. The van der Waals surface area contributed by atoms with Crippen LogP contribution in [0, 0.1) is 0 Å². The van der Waals surface area contributed by atoms with Crippen molar-refractivity contribution in [3.8, 4) is 0 Å². The topological polar surface area (TPSA) is 75.7 Å². The third kappa shape index (κ3) is 5.84. The summed E-state index contributed by atoms with van der Waals surface area (Å²) in [7, 11) is -0.892. The van der Waals surface area contributed by atoms with Crippen molar-refractivity contribution in [3.05, 3.63) is 12.2 Å². The van der Waals surface area contributed by atoms with Gasteiger partial charge in [-0.1, -0.05) is 12.2 Å². The average Bonchev–Trinajstić information content (AvgIpc) is 2.22. The average molecular weight is 250 g/mol. The first-order valence-corrected chi connectivity index (χ1v) is 6.15. The molecule has 0 spiro atoms. The molecular formula is C9H18N2O4S. The lowest BCUT2D eigenvalue weighted by atomic mass is 10.4. The normalized spacial score (nSPS) is 11.5. The van der Waals surface area contributed by atoms with Crippen LogP contribution in [0.15, 0.2) is 12.2 Å². The third-order valence-electron chi connectivity index (χ3n) is 1.83. The maximum absolute atomic E-state index is 11.6. The standard InChI is InChI=1S/C9H18N2O4S/c1-8(2)7-10-16(13,14)11(3)6-5-9(12)15-4/h10H,1,5-7H2,2-4H3. The Morgan fingerprint density at radius 2 is 2.06 bits per heavy atom. The summed E-state index contributed by atoms with van der Waals surface area (Å²) in [5, 5.41) is 0. The predicted molar refractivity (Wildman–Crippen MR) is 61.0 cm³/mol. The summed E-state index contributed by atoms with van der Waals surface area (Å²) < 4.78 is 30.9. The smallest absolute Gasteiger partial charge is 0.306 e. The maximum Gasteiger partial charge on any atom is 0.306 e. The van der Waals surface area contributed by atoms with E-state index in [1.165, 1.54) is 14.2 Å². The molecule has 0 unspecified atom stereocenters. The second kappa shape index (κ2) is 6.62. The quantitative estimate of drug-likeness (QED) is 0.505. The van der Waals surface area contributed by atoms with E-state index >= 15 is 0 Å². The Bertz CT molecular complexity index is 351. The van der Waals surface area contributed by atoms with Crippen LogP contribution in [0.3, 0.4) is 0 Å². The van der Waals surface area contributed by atoms with Gasteiger partial charge in [-0.15, -0.1) is 0 Å². The van der Waals surface area contributed by atoms with E-state index in [2.05, 4.69) is 16.0 Å². The van der Waals surface area contributed by atoms with Crippen molar-refractivity contribution in [2.45, 2.75) is 13.3 Å². The van der Waals surface area contributed by atoms with Crippen LogP contribution in [0.4, 0.5) is 0 Å². The third-order valence-corrected chi connectivity index (χ3v) is 3.34. The number of methoxy groups -OCH3 is 1. The molecule has 0 bridgehead atoms. The first kappa shape index (κ1) is 15.1. The molecule has 0 aromatic carbocycles. The maximum atomic E-state index is 11.6. The van der Waals surface area contributed by atoms with E-state index in [1.807, 2.05) is 0 Å². The van der Waals surface area contributed by atoms with Crippen molar-refractivity contribution in [2.24, 2.45) is 0 Å². The number of hydrogen-bond donors (Lipinski definition) is 1. The first-order valence-electron chi connectivity index (χ1n) is 4.71. The molecule has 94 valence electrons. The minimum atomic E-state index is -3.54. The number of carbonyl (C=O) groups is 1. The largest absolute Gasteiger partial charge is 0.469 e. The molecule has 0 aromatic rings. The molecule has 0 saturated heterocycles. The van der Waals surface area contributed by atoms with E-state index in [4.69, 9.17) is 0 Å². The van der Waals surface area contributed by atoms with Gasteiger partial charge in [0.1, 0.15) is 0 Å². The molecule has 0 radical (unpaired) electrons. The molecule has 0 aliphatic heterocycles. The van der Waals surface area contributed by atoms with Gasteiger partial charge in [0.2, 0.25) is 0 Å². The lowest BCUT2D eigenvalue weighted by Gasteiger charge is -2.16. The molecule has 0 saturated carbocycles. The highest BCUT2D eigenvalue weighted by atomic mass is 32.2. The van der Waals surface area contributed by atoms with Crippen LogP contribution in [-0.4, -0.2) is 45.9 Å². The van der Waals surface area contributed by atoms with Gasteiger partial charge in [-0.2, -0.15) is 17.4 Å². The monoisotopic (exact) mass is 250 g/mol. The number of esters is 1. The molecule has 6 nitrogen and oxygen atoms in total. The molecule has 1 N–H and O–H groups in total. The van der Waals surface area contributed by atoms with Crippen LogP contribution in [0.5, 0.6) is 0 Å². The number of hydrogen-bond acceptors (Lipinski definition) is 4. The van der Waals surface area contributed by atoms with Gasteiger partial charge in [-0.05, 0) is 6.92 Å². The number of carbonyl (C=O) groups excluding carboxylic acids is 1. The highest BCUT2D eigenvalue weighted by molar-refractivity contribution is 7.87. The predicted octanol–water partition coefficient (Wildman–Crippen LogP) is -0.108. The number of nitrogens with zero attached hydrogens (tertiary/aromatic N) is 1. The lowest BCUT2D eigenvalue weighted by Crippen LogP contribution is -2.39. The van der Waals surface area contributed by atoms with E-state index in [0.29, 0.717) is 5.57 Å². The van der Waals surface area contributed by atoms with Crippen LogP contribution < -0.4 is 4.72 Å². The van der Waals surface area contributed by atoms with E-state index in [-0.39, 0.29) is 19.5 Å². The van der Waals surface area contributed by atoms with Gasteiger partial charge in [0, 0.05) is 20.1 Å². The van der Waals surface area contributed by atoms with Crippen molar-refractivity contribution in [1.82, 2.24) is 9.03 Å². The zero-order valence-corrected chi connectivity index (χ0v) is 10.6. The zero-order chi connectivity index (χ0) is 12.8. The fourth-order valence-electron chi connectivity index (χ4n) is 0.796. The second-order valence-corrected chi connectivity index (χ2v) is 5.29. The molecule has 0 fully saturated rings. The van der Waals surface area contributed by atoms with Crippen LogP contribution in [0.2, 0.25) is 0 Å². The van der Waals surface area contributed by atoms with Crippen LogP contribution in [0.25, 0.3) is 0 Å². The van der Waals surface area contributed by atoms with Gasteiger partial charge in [0.05, 0.1) is 13.5 Å². The number of rotatable bonds is 7. The van der Waals surface area contributed by atoms with E-state index in [0.717, 1.165) is 4.31 Å². The molecular weight excluding hydrogens is 232 g/mol. The highest BCUT2D eigenvalue weighted by Crippen LogP contribution is 1.97. The van der Waals surface area contributed by atoms with Gasteiger partial charge in [0.15, 0.2) is 0 Å². The fraction of sp³-hybridized carbons (Fsp3) is 0.667. The molecule has 16 heavy (non-hydrogen) atoms. The Hall–Kier alpha value is -0.920. The molecule has 0 heterocycles. The Morgan fingerprint density at radius 3 is 2.50 bits per heavy atom. The first-order chi connectivity index (χ1) is 7.29. The van der Waals surface area contributed by atoms with Gasteiger partial charge in [-0.25, -0.2) is 0 Å². The zero-order valence-electron chi connectivity index (χ0n) is 9.82. The minimum Gasteiger partial charge on any atom is -0.469 e. The Morgan fingerprint density at radius 1 is 1.50 bits per heavy atom. The van der Waals surface area contributed by atoms with Crippen molar-refractivity contribution in [2.75, 3.05) is 27.2 Å².